The number of anilines is 1. The number of hydrogen-bond donors (Lipinski definition) is 2. The summed E-state index contributed by atoms with van der Waals surface area (Å²) >= 11 is 0. The van der Waals surface area contributed by atoms with E-state index < -0.39 is 18.1 Å². The molecule has 1 amide bonds. The number of rotatable bonds is 4. The number of amides is 1. The second-order valence-electron chi connectivity index (χ2n) is 3.93. The molecule has 0 fully saturated rings. The van der Waals surface area contributed by atoms with Crippen molar-refractivity contribution in [3.8, 4) is 0 Å². The van der Waals surface area contributed by atoms with E-state index in [0.29, 0.717) is 5.56 Å². The third-order valence-electron chi connectivity index (χ3n) is 2.34. The van der Waals surface area contributed by atoms with Crippen LogP contribution in [0.3, 0.4) is 0 Å². The second kappa shape index (κ2) is 5.68. The van der Waals surface area contributed by atoms with Crippen LogP contribution in [0.2, 0.25) is 0 Å². The van der Waals surface area contributed by atoms with E-state index in [1.165, 1.54) is 18.3 Å². The predicted molar refractivity (Wildman–Crippen MR) is 59.6 cm³/mol. The van der Waals surface area contributed by atoms with Gasteiger partial charge in [-0.2, -0.15) is 13.2 Å². The van der Waals surface area contributed by atoms with Crippen molar-refractivity contribution >= 4 is 17.7 Å². The highest BCUT2D eigenvalue weighted by Crippen LogP contribution is 2.21. The maximum absolute atomic E-state index is 12.0. The van der Waals surface area contributed by atoms with Gasteiger partial charge in [-0.3, -0.25) is 9.59 Å². The number of alkyl halides is 3. The Balaban J connectivity index is 2.72. The molecule has 0 aliphatic rings. The van der Waals surface area contributed by atoms with Crippen LogP contribution in [0.15, 0.2) is 18.3 Å². The van der Waals surface area contributed by atoms with Gasteiger partial charge in [0.2, 0.25) is 0 Å². The molecular formula is C11H11F3N2O3. The first-order valence-electron chi connectivity index (χ1n) is 5.26. The van der Waals surface area contributed by atoms with Crippen LogP contribution in [-0.2, 0) is 9.59 Å². The van der Waals surface area contributed by atoms with Crippen molar-refractivity contribution in [2.45, 2.75) is 25.4 Å². The average molecular weight is 276 g/mol. The molecule has 0 spiro atoms. The van der Waals surface area contributed by atoms with Gasteiger partial charge in [0.05, 0.1) is 6.42 Å². The van der Waals surface area contributed by atoms with E-state index in [1.54, 1.807) is 12.2 Å². The van der Waals surface area contributed by atoms with Gasteiger partial charge < -0.3 is 10.4 Å². The molecule has 0 bridgehead atoms. The van der Waals surface area contributed by atoms with Crippen LogP contribution in [0, 0.1) is 0 Å². The number of carbonyl (C=O) groups excluding carboxylic acids is 1. The third kappa shape index (κ3) is 4.57. The summed E-state index contributed by atoms with van der Waals surface area (Å²) < 4.78 is 35.9. The topological polar surface area (TPSA) is 79.3 Å². The van der Waals surface area contributed by atoms with Gasteiger partial charge in [0.15, 0.2) is 0 Å². The number of halogens is 3. The number of pyridine rings is 1. The highest BCUT2D eigenvalue weighted by atomic mass is 19.4. The van der Waals surface area contributed by atoms with Crippen molar-refractivity contribution in [1.82, 2.24) is 4.98 Å². The first kappa shape index (κ1) is 14.9. The summed E-state index contributed by atoms with van der Waals surface area (Å²) in [6.07, 6.45) is -3.85. The van der Waals surface area contributed by atoms with Gasteiger partial charge in [-0.25, -0.2) is 4.98 Å². The van der Waals surface area contributed by atoms with E-state index in [1.807, 2.05) is 0 Å². The second-order valence-corrected chi connectivity index (χ2v) is 3.93. The number of nitrogens with one attached hydrogen (secondary N) is 1. The molecule has 0 radical (unpaired) electrons. The van der Waals surface area contributed by atoms with Gasteiger partial charge in [-0.05, 0) is 17.5 Å². The summed E-state index contributed by atoms with van der Waals surface area (Å²) in [7, 11) is 0. The van der Waals surface area contributed by atoms with Crippen LogP contribution in [0.5, 0.6) is 0 Å². The molecule has 1 unspecified atom stereocenters. The minimum atomic E-state index is -4.98. The fourth-order valence-corrected chi connectivity index (χ4v) is 1.34. The molecule has 0 aliphatic heterocycles. The molecule has 0 aromatic carbocycles. The molecule has 0 saturated carbocycles. The van der Waals surface area contributed by atoms with Crippen LogP contribution in [-0.4, -0.2) is 28.1 Å². The Kier molecular flexibility index (Phi) is 4.47. The summed E-state index contributed by atoms with van der Waals surface area (Å²) in [5.41, 5.74) is 0.562. The molecule has 0 saturated heterocycles. The van der Waals surface area contributed by atoms with Crippen molar-refractivity contribution in [3.63, 3.8) is 0 Å². The molecule has 1 heterocycles. The van der Waals surface area contributed by atoms with E-state index in [9.17, 15) is 22.8 Å². The Bertz CT molecular complexity index is 471. The van der Waals surface area contributed by atoms with Gasteiger partial charge in [0.25, 0.3) is 0 Å². The normalized spacial score (nSPS) is 12.8. The van der Waals surface area contributed by atoms with Gasteiger partial charge in [0, 0.05) is 6.20 Å². The lowest BCUT2D eigenvalue weighted by molar-refractivity contribution is -0.167. The van der Waals surface area contributed by atoms with Crippen molar-refractivity contribution in [2.24, 2.45) is 0 Å². The fraction of sp³-hybridized carbons (Fsp3) is 0.364. The standard InChI is InChI=1S/C11H11F3N2O3/c1-6(4-9(17)18)7-2-3-8(15-5-7)16-10(19)11(12,13)14/h2-3,5-6H,4H2,1H3,(H,17,18)(H,15,16,19). The van der Waals surface area contributed by atoms with Crippen molar-refractivity contribution in [1.29, 1.82) is 0 Å². The molecule has 19 heavy (non-hydrogen) atoms. The van der Waals surface area contributed by atoms with Crippen LogP contribution in [0.4, 0.5) is 19.0 Å². The molecular weight excluding hydrogens is 265 g/mol. The van der Waals surface area contributed by atoms with Gasteiger partial charge in [-0.15, -0.1) is 0 Å². The zero-order valence-electron chi connectivity index (χ0n) is 9.86. The van der Waals surface area contributed by atoms with Crippen molar-refractivity contribution < 1.29 is 27.9 Å². The molecule has 104 valence electrons. The van der Waals surface area contributed by atoms with E-state index >= 15 is 0 Å². The molecule has 8 heteroatoms. The molecule has 1 aromatic heterocycles. The Morgan fingerprint density at radius 3 is 2.47 bits per heavy atom. The molecule has 1 aromatic rings. The maximum atomic E-state index is 12.0. The van der Waals surface area contributed by atoms with Gasteiger partial charge in [-0.1, -0.05) is 13.0 Å². The number of carbonyl (C=O) groups is 2. The number of carboxylic acid groups (broad SMARTS) is 1. The Labute approximate surface area is 106 Å². The molecule has 1 atom stereocenters. The molecule has 5 nitrogen and oxygen atoms in total. The highest BCUT2D eigenvalue weighted by Gasteiger charge is 2.38. The number of carboxylic acids is 1. The number of nitrogens with zero attached hydrogens (tertiary/aromatic N) is 1. The first-order valence-corrected chi connectivity index (χ1v) is 5.26. The number of aliphatic carboxylic acids is 1. The zero-order valence-corrected chi connectivity index (χ0v) is 9.86. The Morgan fingerprint density at radius 2 is 2.05 bits per heavy atom. The molecule has 2 N–H and O–H groups in total. The summed E-state index contributed by atoms with van der Waals surface area (Å²) in [5, 5.41) is 10.2. The van der Waals surface area contributed by atoms with Crippen LogP contribution in [0.1, 0.15) is 24.8 Å². The SMILES string of the molecule is CC(CC(=O)O)c1ccc(NC(=O)C(F)(F)F)nc1. The van der Waals surface area contributed by atoms with Crippen molar-refractivity contribution in [3.05, 3.63) is 23.9 Å². The number of aromatic nitrogens is 1. The van der Waals surface area contributed by atoms with Crippen LogP contribution >= 0.6 is 0 Å². The summed E-state index contributed by atoms with van der Waals surface area (Å²) in [4.78, 5) is 24.8. The largest absolute Gasteiger partial charge is 0.481 e. The van der Waals surface area contributed by atoms with Gasteiger partial charge in [0.1, 0.15) is 5.82 Å². The Morgan fingerprint density at radius 1 is 1.42 bits per heavy atom. The first-order chi connectivity index (χ1) is 8.70. The molecule has 1 rings (SSSR count). The summed E-state index contributed by atoms with van der Waals surface area (Å²) in [6, 6.07) is 2.61. The predicted octanol–water partition coefficient (Wildman–Crippen LogP) is 2.16. The van der Waals surface area contributed by atoms with E-state index in [4.69, 9.17) is 5.11 Å². The lowest BCUT2D eigenvalue weighted by Gasteiger charge is -2.10. The summed E-state index contributed by atoms with van der Waals surface area (Å²) in [5.74, 6) is -3.65. The number of hydrogen-bond acceptors (Lipinski definition) is 3. The van der Waals surface area contributed by atoms with Crippen molar-refractivity contribution in [2.75, 3.05) is 5.32 Å². The highest BCUT2D eigenvalue weighted by molar-refractivity contribution is 5.94. The molecule has 0 aliphatic carbocycles. The smallest absolute Gasteiger partial charge is 0.471 e. The van der Waals surface area contributed by atoms with Crippen LogP contribution < -0.4 is 5.32 Å². The van der Waals surface area contributed by atoms with E-state index in [-0.39, 0.29) is 18.2 Å². The van der Waals surface area contributed by atoms with E-state index in [2.05, 4.69) is 4.98 Å². The fourth-order valence-electron chi connectivity index (χ4n) is 1.34. The van der Waals surface area contributed by atoms with E-state index in [0.717, 1.165) is 0 Å². The minimum absolute atomic E-state index is 0.115. The lowest BCUT2D eigenvalue weighted by atomic mass is 10.00. The average Bonchev–Trinajstić information content (AvgIpc) is 2.27. The van der Waals surface area contributed by atoms with Crippen LogP contribution in [0.25, 0.3) is 0 Å². The quantitative estimate of drug-likeness (QED) is 0.883. The third-order valence-corrected chi connectivity index (χ3v) is 2.34. The lowest BCUT2D eigenvalue weighted by Crippen LogP contribution is -2.30. The monoisotopic (exact) mass is 276 g/mol. The minimum Gasteiger partial charge on any atom is -0.481 e. The summed E-state index contributed by atoms with van der Waals surface area (Å²) in [6.45, 7) is 1.65. The Hall–Kier alpha value is -2.12. The maximum Gasteiger partial charge on any atom is 0.471 e. The van der Waals surface area contributed by atoms with Gasteiger partial charge >= 0.3 is 18.1 Å². The zero-order chi connectivity index (χ0) is 14.6.